The highest BCUT2D eigenvalue weighted by Gasteiger charge is 2.11. The lowest BCUT2D eigenvalue weighted by Gasteiger charge is -2.08. The number of hydrogen-bond donors (Lipinski definition) is 1. The van der Waals surface area contributed by atoms with E-state index < -0.39 is 12.6 Å². The monoisotopic (exact) mass is 389 g/mol. The lowest BCUT2D eigenvalue weighted by atomic mass is 10.2. The van der Waals surface area contributed by atoms with E-state index in [-0.39, 0.29) is 23.0 Å². The maximum atomic E-state index is 12.1. The van der Waals surface area contributed by atoms with Crippen LogP contribution in [0.15, 0.2) is 66.0 Å². The van der Waals surface area contributed by atoms with E-state index in [0.717, 1.165) is 0 Å². The number of nitrogens with one attached hydrogen (secondary N) is 1. The summed E-state index contributed by atoms with van der Waals surface area (Å²) in [5, 5.41) is 4.54. The molecule has 0 fully saturated rings. The number of carbonyl (C=O) groups excluding carboxylic acids is 2. The van der Waals surface area contributed by atoms with Crippen molar-refractivity contribution < 1.29 is 27.8 Å². The summed E-state index contributed by atoms with van der Waals surface area (Å²) >= 11 is 1.33. The van der Waals surface area contributed by atoms with Crippen LogP contribution in [0.3, 0.4) is 0 Å². The molecule has 1 N–H and O–H groups in total. The molecule has 1 amide bonds. The van der Waals surface area contributed by atoms with Gasteiger partial charge >= 0.3 is 12.6 Å². The first-order valence-corrected chi connectivity index (χ1v) is 8.61. The smallest absolute Gasteiger partial charge is 0.387 e. The summed E-state index contributed by atoms with van der Waals surface area (Å²) in [6.07, 6.45) is 0. The zero-order valence-electron chi connectivity index (χ0n) is 13.7. The number of ether oxygens (including phenoxy) is 2. The Hall–Kier alpha value is -3.26. The number of thiophene rings is 1. The SMILES string of the molecule is O=C(Oc1ccc(NC(=O)c2cccs2)cc1)c1ccc(OC(F)F)cc1. The van der Waals surface area contributed by atoms with Gasteiger partial charge in [0.05, 0.1) is 10.4 Å². The Balaban J connectivity index is 1.59. The van der Waals surface area contributed by atoms with Crippen LogP contribution in [0.2, 0.25) is 0 Å². The molecule has 0 radical (unpaired) electrons. The molecule has 5 nitrogen and oxygen atoms in total. The third kappa shape index (κ3) is 5.11. The molecule has 0 unspecified atom stereocenters. The quantitative estimate of drug-likeness (QED) is 0.485. The molecule has 3 aromatic rings. The fourth-order valence-electron chi connectivity index (χ4n) is 2.15. The van der Waals surface area contributed by atoms with Crippen LogP contribution in [0.5, 0.6) is 11.5 Å². The summed E-state index contributed by atoms with van der Waals surface area (Å²) in [6.45, 7) is -2.93. The predicted molar refractivity (Wildman–Crippen MR) is 96.7 cm³/mol. The molecule has 138 valence electrons. The van der Waals surface area contributed by atoms with E-state index in [2.05, 4.69) is 10.1 Å². The summed E-state index contributed by atoms with van der Waals surface area (Å²) < 4.78 is 33.7. The normalized spacial score (nSPS) is 10.5. The Morgan fingerprint density at radius 2 is 1.59 bits per heavy atom. The topological polar surface area (TPSA) is 64.6 Å². The molecule has 1 heterocycles. The van der Waals surface area contributed by atoms with E-state index >= 15 is 0 Å². The average Bonchev–Trinajstić information content (AvgIpc) is 3.18. The molecule has 0 spiro atoms. The van der Waals surface area contributed by atoms with E-state index in [1.54, 1.807) is 24.3 Å². The maximum Gasteiger partial charge on any atom is 0.387 e. The minimum Gasteiger partial charge on any atom is -0.435 e. The van der Waals surface area contributed by atoms with E-state index in [1.807, 2.05) is 5.38 Å². The molecule has 0 aliphatic carbocycles. The second-order valence-electron chi connectivity index (χ2n) is 5.25. The molecule has 8 heteroatoms. The van der Waals surface area contributed by atoms with Crippen molar-refractivity contribution >= 4 is 28.9 Å². The number of anilines is 1. The molecular formula is C19H13F2NO4S. The number of amides is 1. The summed E-state index contributed by atoms with van der Waals surface area (Å²) in [4.78, 5) is 24.6. The Kier molecular flexibility index (Phi) is 5.77. The van der Waals surface area contributed by atoms with E-state index in [0.29, 0.717) is 10.6 Å². The number of benzene rings is 2. The van der Waals surface area contributed by atoms with E-state index in [1.165, 1.54) is 47.7 Å². The standard InChI is InChI=1S/C19H13F2NO4S/c20-19(21)26-15-7-3-12(4-8-15)18(24)25-14-9-5-13(6-10-14)22-17(23)16-2-1-11-27-16/h1-11,19H,(H,22,23). The zero-order valence-corrected chi connectivity index (χ0v) is 14.5. The van der Waals surface area contributed by atoms with Crippen LogP contribution in [0, 0.1) is 0 Å². The number of alkyl halides is 2. The fraction of sp³-hybridized carbons (Fsp3) is 0.0526. The maximum absolute atomic E-state index is 12.1. The first-order valence-electron chi connectivity index (χ1n) is 7.73. The molecule has 0 saturated heterocycles. The molecule has 0 aliphatic heterocycles. The first-order chi connectivity index (χ1) is 13.0. The van der Waals surface area contributed by atoms with Gasteiger partial charge in [-0.25, -0.2) is 4.79 Å². The van der Waals surface area contributed by atoms with Crippen LogP contribution < -0.4 is 14.8 Å². The van der Waals surface area contributed by atoms with Gasteiger partial charge in [-0.15, -0.1) is 11.3 Å². The van der Waals surface area contributed by atoms with Crippen LogP contribution in [-0.2, 0) is 0 Å². The van der Waals surface area contributed by atoms with Crippen molar-refractivity contribution in [3.8, 4) is 11.5 Å². The van der Waals surface area contributed by atoms with Crippen molar-refractivity contribution in [1.29, 1.82) is 0 Å². The number of carbonyl (C=O) groups is 2. The van der Waals surface area contributed by atoms with Crippen molar-refractivity contribution in [3.63, 3.8) is 0 Å². The summed E-state index contributed by atoms with van der Waals surface area (Å²) in [5.41, 5.74) is 0.744. The van der Waals surface area contributed by atoms with Gasteiger partial charge in [0.25, 0.3) is 5.91 Å². The highest BCUT2D eigenvalue weighted by atomic mass is 32.1. The number of halogens is 2. The molecule has 0 bridgehead atoms. The van der Waals surface area contributed by atoms with Gasteiger partial charge in [0.1, 0.15) is 11.5 Å². The van der Waals surface area contributed by atoms with Gasteiger partial charge < -0.3 is 14.8 Å². The average molecular weight is 389 g/mol. The molecule has 1 aromatic heterocycles. The lowest BCUT2D eigenvalue weighted by Crippen LogP contribution is -2.11. The Labute approximate surface area is 157 Å². The molecule has 0 atom stereocenters. The minimum absolute atomic E-state index is 0.0487. The van der Waals surface area contributed by atoms with Crippen LogP contribution in [0.4, 0.5) is 14.5 Å². The van der Waals surface area contributed by atoms with Gasteiger partial charge in [0.2, 0.25) is 0 Å². The molecule has 2 aromatic carbocycles. The van der Waals surface area contributed by atoms with Gasteiger partial charge in [-0.2, -0.15) is 8.78 Å². The second kappa shape index (κ2) is 8.41. The second-order valence-corrected chi connectivity index (χ2v) is 6.20. The molecular weight excluding hydrogens is 376 g/mol. The van der Waals surface area contributed by atoms with Gasteiger partial charge in [-0.3, -0.25) is 4.79 Å². The van der Waals surface area contributed by atoms with Crippen molar-refractivity contribution in [3.05, 3.63) is 76.5 Å². The third-order valence-electron chi connectivity index (χ3n) is 3.38. The van der Waals surface area contributed by atoms with Crippen LogP contribution in [-0.4, -0.2) is 18.5 Å². The lowest BCUT2D eigenvalue weighted by molar-refractivity contribution is -0.0498. The molecule has 0 aliphatic rings. The predicted octanol–water partition coefficient (Wildman–Crippen LogP) is 4.82. The van der Waals surface area contributed by atoms with Crippen molar-refractivity contribution in [2.45, 2.75) is 6.61 Å². The fourth-order valence-corrected chi connectivity index (χ4v) is 2.76. The summed E-state index contributed by atoms with van der Waals surface area (Å²) in [6, 6.07) is 15.0. The Morgan fingerprint density at radius 3 is 2.19 bits per heavy atom. The van der Waals surface area contributed by atoms with E-state index in [9.17, 15) is 18.4 Å². The number of esters is 1. The van der Waals surface area contributed by atoms with Crippen LogP contribution in [0.25, 0.3) is 0 Å². The van der Waals surface area contributed by atoms with Crippen molar-refractivity contribution in [2.24, 2.45) is 0 Å². The molecule has 3 rings (SSSR count). The largest absolute Gasteiger partial charge is 0.435 e. The summed E-state index contributed by atoms with van der Waals surface area (Å²) in [7, 11) is 0. The Morgan fingerprint density at radius 1 is 0.926 bits per heavy atom. The van der Waals surface area contributed by atoms with Crippen molar-refractivity contribution in [1.82, 2.24) is 0 Å². The Bertz CT molecular complexity index is 910. The zero-order chi connectivity index (χ0) is 19.2. The van der Waals surface area contributed by atoms with Crippen LogP contribution in [0.1, 0.15) is 20.0 Å². The van der Waals surface area contributed by atoms with Gasteiger partial charge in [-0.1, -0.05) is 6.07 Å². The van der Waals surface area contributed by atoms with Crippen LogP contribution >= 0.6 is 11.3 Å². The highest BCUT2D eigenvalue weighted by molar-refractivity contribution is 7.12. The first kappa shape index (κ1) is 18.5. The van der Waals surface area contributed by atoms with E-state index in [4.69, 9.17) is 4.74 Å². The molecule has 0 saturated carbocycles. The van der Waals surface area contributed by atoms with Gasteiger partial charge in [-0.05, 0) is 60.0 Å². The highest BCUT2D eigenvalue weighted by Crippen LogP contribution is 2.20. The van der Waals surface area contributed by atoms with Gasteiger partial charge in [0.15, 0.2) is 0 Å². The third-order valence-corrected chi connectivity index (χ3v) is 4.25. The molecule has 27 heavy (non-hydrogen) atoms. The minimum atomic E-state index is -2.93. The van der Waals surface area contributed by atoms with Crippen molar-refractivity contribution in [2.75, 3.05) is 5.32 Å². The summed E-state index contributed by atoms with van der Waals surface area (Å²) in [5.74, 6) is -0.635. The number of rotatable bonds is 6. The number of hydrogen-bond acceptors (Lipinski definition) is 5. The van der Waals surface area contributed by atoms with Gasteiger partial charge in [0, 0.05) is 5.69 Å².